The van der Waals surface area contributed by atoms with Crippen molar-refractivity contribution in [2.24, 2.45) is 5.84 Å². The minimum atomic E-state index is -0.319. The number of amides is 1. The first-order chi connectivity index (χ1) is 4.74. The van der Waals surface area contributed by atoms with Crippen LogP contribution in [0.4, 0.5) is 0 Å². The Morgan fingerprint density at radius 1 is 1.70 bits per heavy atom. The lowest BCUT2D eigenvalue weighted by molar-refractivity contribution is -0.131. The van der Waals surface area contributed by atoms with E-state index in [2.05, 4.69) is 5.43 Å². The van der Waals surface area contributed by atoms with Gasteiger partial charge in [0.1, 0.15) is 6.10 Å². The monoisotopic (exact) mass is 144 g/mol. The van der Waals surface area contributed by atoms with Crippen molar-refractivity contribution in [2.75, 3.05) is 0 Å². The summed E-state index contributed by atoms with van der Waals surface area (Å²) in [6.45, 7) is 1.95. The minimum absolute atomic E-state index is 0.197. The van der Waals surface area contributed by atoms with E-state index in [1.807, 2.05) is 6.92 Å². The van der Waals surface area contributed by atoms with Crippen molar-refractivity contribution in [1.29, 1.82) is 0 Å². The van der Waals surface area contributed by atoms with E-state index in [1.54, 1.807) is 0 Å². The maximum absolute atomic E-state index is 10.8. The van der Waals surface area contributed by atoms with Crippen molar-refractivity contribution in [3.05, 3.63) is 0 Å². The summed E-state index contributed by atoms with van der Waals surface area (Å²) in [5, 5.41) is 0. The fourth-order valence-corrected chi connectivity index (χ4v) is 1.09. The molecule has 1 rings (SSSR count). The number of hydrazine groups is 1. The summed E-state index contributed by atoms with van der Waals surface area (Å²) < 4.78 is 5.22. The van der Waals surface area contributed by atoms with Crippen LogP contribution >= 0.6 is 0 Å². The van der Waals surface area contributed by atoms with Crippen LogP contribution in [0.5, 0.6) is 0 Å². The van der Waals surface area contributed by atoms with Gasteiger partial charge in [-0.15, -0.1) is 0 Å². The Hall–Kier alpha value is -0.610. The molecule has 0 aromatic rings. The molecule has 1 amide bonds. The molecule has 0 aromatic heterocycles. The predicted molar refractivity (Wildman–Crippen MR) is 35.9 cm³/mol. The Kier molecular flexibility index (Phi) is 2.24. The second-order valence-corrected chi connectivity index (χ2v) is 2.52. The van der Waals surface area contributed by atoms with Gasteiger partial charge < -0.3 is 4.74 Å². The molecule has 2 atom stereocenters. The van der Waals surface area contributed by atoms with Crippen LogP contribution in [-0.4, -0.2) is 18.1 Å². The summed E-state index contributed by atoms with van der Waals surface area (Å²) in [4.78, 5) is 10.8. The molecule has 0 bridgehead atoms. The molecule has 1 fully saturated rings. The van der Waals surface area contributed by atoms with Crippen molar-refractivity contribution in [3.63, 3.8) is 0 Å². The lowest BCUT2D eigenvalue weighted by Crippen LogP contribution is -2.38. The number of carbonyl (C=O) groups excluding carboxylic acids is 1. The van der Waals surface area contributed by atoms with Gasteiger partial charge in [-0.2, -0.15) is 0 Å². The smallest absolute Gasteiger partial charge is 0.263 e. The molecule has 2 unspecified atom stereocenters. The zero-order valence-electron chi connectivity index (χ0n) is 5.96. The molecule has 4 nitrogen and oxygen atoms in total. The highest BCUT2D eigenvalue weighted by molar-refractivity contribution is 5.80. The summed E-state index contributed by atoms with van der Waals surface area (Å²) in [5.74, 6) is 4.70. The standard InChI is InChI=1S/C6H12N2O2/c1-4-2-3-5(10-4)6(9)8-7/h4-5H,2-3,7H2,1H3,(H,8,9). The highest BCUT2D eigenvalue weighted by atomic mass is 16.5. The Morgan fingerprint density at radius 2 is 2.40 bits per heavy atom. The SMILES string of the molecule is CC1CCC(C(=O)NN)O1. The van der Waals surface area contributed by atoms with E-state index >= 15 is 0 Å². The first-order valence-electron chi connectivity index (χ1n) is 3.40. The van der Waals surface area contributed by atoms with Crippen molar-refractivity contribution in [2.45, 2.75) is 32.0 Å². The number of rotatable bonds is 1. The quantitative estimate of drug-likeness (QED) is 0.297. The molecule has 0 spiro atoms. The maximum Gasteiger partial charge on any atom is 0.263 e. The van der Waals surface area contributed by atoms with Crippen LogP contribution in [0.1, 0.15) is 19.8 Å². The number of hydrogen-bond acceptors (Lipinski definition) is 3. The molecular formula is C6H12N2O2. The molecule has 10 heavy (non-hydrogen) atoms. The van der Waals surface area contributed by atoms with Gasteiger partial charge in [0.15, 0.2) is 0 Å². The van der Waals surface area contributed by atoms with Crippen molar-refractivity contribution in [3.8, 4) is 0 Å². The zero-order chi connectivity index (χ0) is 7.56. The van der Waals surface area contributed by atoms with Crippen LogP contribution in [-0.2, 0) is 9.53 Å². The van der Waals surface area contributed by atoms with Gasteiger partial charge in [0.05, 0.1) is 6.10 Å². The zero-order valence-corrected chi connectivity index (χ0v) is 5.96. The first-order valence-corrected chi connectivity index (χ1v) is 3.40. The van der Waals surface area contributed by atoms with Gasteiger partial charge >= 0.3 is 0 Å². The molecule has 0 saturated carbocycles. The first kappa shape index (κ1) is 7.50. The molecule has 1 heterocycles. The van der Waals surface area contributed by atoms with Crippen molar-refractivity contribution in [1.82, 2.24) is 5.43 Å². The fraction of sp³-hybridized carbons (Fsp3) is 0.833. The fourth-order valence-electron chi connectivity index (χ4n) is 1.09. The Labute approximate surface area is 59.7 Å². The lowest BCUT2D eigenvalue weighted by atomic mass is 10.2. The maximum atomic E-state index is 10.8. The van der Waals surface area contributed by atoms with Crippen molar-refractivity contribution < 1.29 is 9.53 Å². The molecule has 58 valence electrons. The number of carbonyl (C=O) groups is 1. The Bertz CT molecular complexity index is 138. The van der Waals surface area contributed by atoms with Crippen LogP contribution in [0.3, 0.4) is 0 Å². The highest BCUT2D eigenvalue weighted by Crippen LogP contribution is 2.18. The average Bonchev–Trinajstić information content (AvgIpc) is 2.34. The molecule has 1 saturated heterocycles. The molecule has 3 N–H and O–H groups in total. The van der Waals surface area contributed by atoms with Crippen molar-refractivity contribution >= 4 is 5.91 Å². The normalized spacial score (nSPS) is 32.2. The van der Waals surface area contributed by atoms with Crippen LogP contribution < -0.4 is 11.3 Å². The third kappa shape index (κ3) is 1.46. The number of nitrogens with one attached hydrogen (secondary N) is 1. The molecule has 1 aliphatic heterocycles. The van der Waals surface area contributed by atoms with Gasteiger partial charge in [0.25, 0.3) is 5.91 Å². The van der Waals surface area contributed by atoms with E-state index in [9.17, 15) is 4.79 Å². The molecule has 0 radical (unpaired) electrons. The summed E-state index contributed by atoms with van der Waals surface area (Å²) in [5.41, 5.74) is 2.06. The predicted octanol–water partition coefficient (Wildman–Crippen LogP) is -0.456. The molecular weight excluding hydrogens is 132 g/mol. The largest absolute Gasteiger partial charge is 0.365 e. The number of nitrogens with two attached hydrogens (primary N) is 1. The van der Waals surface area contributed by atoms with Gasteiger partial charge in [0.2, 0.25) is 0 Å². The molecule has 0 aromatic carbocycles. The second-order valence-electron chi connectivity index (χ2n) is 2.52. The van der Waals surface area contributed by atoms with E-state index in [0.717, 1.165) is 12.8 Å². The van der Waals surface area contributed by atoms with E-state index in [0.29, 0.717) is 0 Å². The summed E-state index contributed by atoms with van der Waals surface area (Å²) in [6, 6.07) is 0. The molecule has 4 heteroatoms. The van der Waals surface area contributed by atoms with Gasteiger partial charge in [-0.25, -0.2) is 5.84 Å². The minimum Gasteiger partial charge on any atom is -0.365 e. The van der Waals surface area contributed by atoms with E-state index in [4.69, 9.17) is 10.6 Å². The summed E-state index contributed by atoms with van der Waals surface area (Å²) in [6.07, 6.45) is 1.60. The number of ether oxygens (including phenoxy) is 1. The number of hydrogen-bond donors (Lipinski definition) is 2. The summed E-state index contributed by atoms with van der Waals surface area (Å²) >= 11 is 0. The highest BCUT2D eigenvalue weighted by Gasteiger charge is 2.27. The molecule has 1 aliphatic rings. The van der Waals surface area contributed by atoms with Crippen LogP contribution in [0.15, 0.2) is 0 Å². The van der Waals surface area contributed by atoms with E-state index in [-0.39, 0.29) is 18.1 Å². The Morgan fingerprint density at radius 3 is 2.80 bits per heavy atom. The van der Waals surface area contributed by atoms with Gasteiger partial charge in [-0.05, 0) is 19.8 Å². The molecule has 0 aliphatic carbocycles. The van der Waals surface area contributed by atoms with Crippen LogP contribution in [0.2, 0.25) is 0 Å². The van der Waals surface area contributed by atoms with Crippen LogP contribution in [0, 0.1) is 0 Å². The second kappa shape index (κ2) is 2.98. The summed E-state index contributed by atoms with van der Waals surface area (Å²) in [7, 11) is 0. The van der Waals surface area contributed by atoms with E-state index < -0.39 is 0 Å². The Balaban J connectivity index is 2.37. The van der Waals surface area contributed by atoms with Gasteiger partial charge in [0, 0.05) is 0 Å². The third-order valence-electron chi connectivity index (χ3n) is 1.67. The van der Waals surface area contributed by atoms with Gasteiger partial charge in [-0.1, -0.05) is 0 Å². The topological polar surface area (TPSA) is 64.4 Å². The van der Waals surface area contributed by atoms with Crippen LogP contribution in [0.25, 0.3) is 0 Å². The lowest BCUT2D eigenvalue weighted by Gasteiger charge is -2.07. The average molecular weight is 144 g/mol. The third-order valence-corrected chi connectivity index (χ3v) is 1.67. The van der Waals surface area contributed by atoms with E-state index in [1.165, 1.54) is 0 Å². The van der Waals surface area contributed by atoms with Gasteiger partial charge in [-0.3, -0.25) is 10.2 Å².